The average molecular weight is 300 g/mol. The minimum absolute atomic E-state index is 0.558. The summed E-state index contributed by atoms with van der Waals surface area (Å²) < 4.78 is 0. The Morgan fingerprint density at radius 2 is 2.11 bits per heavy atom. The highest BCUT2D eigenvalue weighted by Gasteiger charge is 2.10. The summed E-state index contributed by atoms with van der Waals surface area (Å²) in [6.45, 7) is 5.51. The molecule has 0 radical (unpaired) electrons. The summed E-state index contributed by atoms with van der Waals surface area (Å²) in [5, 5.41) is 4.41. The highest BCUT2D eigenvalue weighted by molar-refractivity contribution is 7.98. The molecular formula is C16H26ClNS. The van der Waals surface area contributed by atoms with Crippen molar-refractivity contribution < 1.29 is 0 Å². The molecule has 0 heterocycles. The molecule has 0 aliphatic heterocycles. The van der Waals surface area contributed by atoms with Crippen molar-refractivity contribution in [1.29, 1.82) is 0 Å². The molecule has 1 aromatic rings. The molecule has 0 bridgehead atoms. The van der Waals surface area contributed by atoms with Gasteiger partial charge >= 0.3 is 0 Å². The van der Waals surface area contributed by atoms with Crippen LogP contribution < -0.4 is 5.32 Å². The lowest BCUT2D eigenvalue weighted by Gasteiger charge is -2.19. The largest absolute Gasteiger partial charge is 0.314 e. The molecule has 1 aromatic carbocycles. The third-order valence-corrected chi connectivity index (χ3v) is 4.12. The van der Waals surface area contributed by atoms with Gasteiger partial charge in [0.2, 0.25) is 0 Å². The maximum Gasteiger partial charge on any atom is 0.0408 e. The molecule has 0 amide bonds. The van der Waals surface area contributed by atoms with Crippen LogP contribution in [0.1, 0.15) is 32.3 Å². The zero-order valence-corrected chi connectivity index (χ0v) is 13.9. The van der Waals surface area contributed by atoms with Gasteiger partial charge in [0.25, 0.3) is 0 Å². The van der Waals surface area contributed by atoms with Crippen molar-refractivity contribution in [2.75, 3.05) is 18.6 Å². The van der Waals surface area contributed by atoms with Crippen molar-refractivity contribution in [2.24, 2.45) is 5.92 Å². The Kier molecular flexibility index (Phi) is 8.60. The van der Waals surface area contributed by atoms with Crippen LogP contribution in [-0.2, 0) is 6.42 Å². The van der Waals surface area contributed by atoms with Gasteiger partial charge in [-0.15, -0.1) is 0 Å². The Balaban J connectivity index is 2.51. The van der Waals surface area contributed by atoms with Crippen molar-refractivity contribution in [2.45, 2.75) is 39.2 Å². The van der Waals surface area contributed by atoms with Crippen molar-refractivity contribution in [3.05, 3.63) is 34.9 Å². The van der Waals surface area contributed by atoms with E-state index in [1.165, 1.54) is 24.2 Å². The molecule has 1 atom stereocenters. The Bertz CT molecular complexity index is 354. The standard InChI is InChI=1S/C16H26ClNS/c1-13(2)18-12-15(7-5-9-19-3)10-14-6-4-8-16(17)11-14/h4,6,8,11,13,15,18H,5,7,9-10,12H2,1-3H3. The molecular weight excluding hydrogens is 274 g/mol. The van der Waals surface area contributed by atoms with E-state index in [1.807, 2.05) is 23.9 Å². The fraction of sp³-hybridized carbons (Fsp3) is 0.625. The summed E-state index contributed by atoms with van der Waals surface area (Å²) in [5.41, 5.74) is 1.35. The smallest absolute Gasteiger partial charge is 0.0408 e. The molecule has 19 heavy (non-hydrogen) atoms. The van der Waals surface area contributed by atoms with Crippen LogP contribution in [0, 0.1) is 5.92 Å². The van der Waals surface area contributed by atoms with Gasteiger partial charge in [-0.05, 0) is 61.4 Å². The third-order valence-electron chi connectivity index (χ3n) is 3.19. The summed E-state index contributed by atoms with van der Waals surface area (Å²) in [6, 6.07) is 8.83. The highest BCUT2D eigenvalue weighted by Crippen LogP contribution is 2.18. The van der Waals surface area contributed by atoms with E-state index in [4.69, 9.17) is 11.6 Å². The van der Waals surface area contributed by atoms with Crippen LogP contribution in [0.3, 0.4) is 0 Å². The highest BCUT2D eigenvalue weighted by atomic mass is 35.5. The van der Waals surface area contributed by atoms with Crippen LogP contribution >= 0.6 is 23.4 Å². The molecule has 1 unspecified atom stereocenters. The number of hydrogen-bond donors (Lipinski definition) is 1. The monoisotopic (exact) mass is 299 g/mol. The minimum Gasteiger partial charge on any atom is -0.314 e. The third kappa shape index (κ3) is 7.86. The van der Waals surface area contributed by atoms with Gasteiger partial charge in [0, 0.05) is 11.1 Å². The summed E-state index contributed by atoms with van der Waals surface area (Å²) >= 11 is 8.00. The molecule has 0 aliphatic carbocycles. The van der Waals surface area contributed by atoms with E-state index >= 15 is 0 Å². The fourth-order valence-corrected chi connectivity index (χ4v) is 2.86. The van der Waals surface area contributed by atoms with Crippen molar-refractivity contribution in [3.8, 4) is 0 Å². The predicted octanol–water partition coefficient (Wildman–Crippen LogP) is 4.64. The maximum atomic E-state index is 6.06. The SMILES string of the molecule is CSCCCC(CNC(C)C)Cc1cccc(Cl)c1. The number of nitrogens with one attached hydrogen (secondary N) is 1. The van der Waals surface area contributed by atoms with Gasteiger partial charge in [0.05, 0.1) is 0 Å². The molecule has 3 heteroatoms. The molecule has 0 aromatic heterocycles. The Hall–Kier alpha value is -0.180. The van der Waals surface area contributed by atoms with Crippen LogP contribution in [0.15, 0.2) is 24.3 Å². The van der Waals surface area contributed by atoms with Gasteiger partial charge in [0.1, 0.15) is 0 Å². The van der Waals surface area contributed by atoms with Gasteiger partial charge in [-0.3, -0.25) is 0 Å². The summed E-state index contributed by atoms with van der Waals surface area (Å²) in [7, 11) is 0. The molecule has 1 N–H and O–H groups in total. The second-order valence-corrected chi connectivity index (χ2v) is 6.82. The Labute approximate surface area is 127 Å². The van der Waals surface area contributed by atoms with E-state index in [0.717, 1.165) is 18.0 Å². The van der Waals surface area contributed by atoms with Crippen molar-refractivity contribution >= 4 is 23.4 Å². The van der Waals surface area contributed by atoms with E-state index in [-0.39, 0.29) is 0 Å². The average Bonchev–Trinajstić information content (AvgIpc) is 2.36. The molecule has 1 rings (SSSR count). The fourth-order valence-electron chi connectivity index (χ4n) is 2.19. The van der Waals surface area contributed by atoms with Crippen LogP contribution in [0.25, 0.3) is 0 Å². The van der Waals surface area contributed by atoms with E-state index in [9.17, 15) is 0 Å². The summed E-state index contributed by atoms with van der Waals surface area (Å²) in [5.74, 6) is 1.96. The van der Waals surface area contributed by atoms with Gasteiger partial charge < -0.3 is 5.32 Å². The van der Waals surface area contributed by atoms with Crippen LogP contribution in [-0.4, -0.2) is 24.6 Å². The molecule has 0 saturated heterocycles. The van der Waals surface area contributed by atoms with E-state index < -0.39 is 0 Å². The normalized spacial score (nSPS) is 12.9. The van der Waals surface area contributed by atoms with E-state index in [2.05, 4.69) is 37.6 Å². The summed E-state index contributed by atoms with van der Waals surface area (Å²) in [4.78, 5) is 0. The minimum atomic E-state index is 0.558. The molecule has 0 spiro atoms. The van der Waals surface area contributed by atoms with Crippen LogP contribution in [0.2, 0.25) is 5.02 Å². The zero-order chi connectivity index (χ0) is 14.1. The first-order valence-electron chi connectivity index (χ1n) is 7.08. The number of rotatable bonds is 9. The second-order valence-electron chi connectivity index (χ2n) is 5.40. The van der Waals surface area contributed by atoms with Gasteiger partial charge in [-0.1, -0.05) is 37.6 Å². The first-order chi connectivity index (χ1) is 9.11. The van der Waals surface area contributed by atoms with E-state index in [0.29, 0.717) is 12.0 Å². The van der Waals surface area contributed by atoms with Crippen LogP contribution in [0.4, 0.5) is 0 Å². The quantitative estimate of drug-likeness (QED) is 0.667. The lowest BCUT2D eigenvalue weighted by Crippen LogP contribution is -2.30. The Morgan fingerprint density at radius 1 is 1.32 bits per heavy atom. The number of halogens is 1. The second kappa shape index (κ2) is 9.68. The van der Waals surface area contributed by atoms with Crippen molar-refractivity contribution in [3.63, 3.8) is 0 Å². The Morgan fingerprint density at radius 3 is 2.74 bits per heavy atom. The molecule has 0 aliphatic rings. The first-order valence-corrected chi connectivity index (χ1v) is 8.85. The first kappa shape index (κ1) is 16.9. The molecule has 108 valence electrons. The lowest BCUT2D eigenvalue weighted by molar-refractivity contribution is 0.419. The number of thioether (sulfide) groups is 1. The van der Waals surface area contributed by atoms with Crippen LogP contribution in [0.5, 0.6) is 0 Å². The molecule has 0 fully saturated rings. The molecule has 0 saturated carbocycles. The predicted molar refractivity (Wildman–Crippen MR) is 89.4 cm³/mol. The van der Waals surface area contributed by atoms with E-state index in [1.54, 1.807) is 0 Å². The van der Waals surface area contributed by atoms with Crippen molar-refractivity contribution in [1.82, 2.24) is 5.32 Å². The van der Waals surface area contributed by atoms with Gasteiger partial charge in [-0.25, -0.2) is 0 Å². The maximum absolute atomic E-state index is 6.06. The number of benzene rings is 1. The van der Waals surface area contributed by atoms with Gasteiger partial charge in [-0.2, -0.15) is 11.8 Å². The molecule has 1 nitrogen and oxygen atoms in total. The number of hydrogen-bond acceptors (Lipinski definition) is 2. The zero-order valence-electron chi connectivity index (χ0n) is 12.3. The lowest BCUT2D eigenvalue weighted by atomic mass is 9.94. The van der Waals surface area contributed by atoms with Gasteiger partial charge in [0.15, 0.2) is 0 Å². The summed E-state index contributed by atoms with van der Waals surface area (Å²) in [6.07, 6.45) is 5.88. The topological polar surface area (TPSA) is 12.0 Å².